The molecule has 0 aromatic carbocycles. The van der Waals surface area contributed by atoms with E-state index in [4.69, 9.17) is 4.74 Å². The number of methoxy groups -OCH3 is 1. The summed E-state index contributed by atoms with van der Waals surface area (Å²) >= 11 is 0. The summed E-state index contributed by atoms with van der Waals surface area (Å²) in [6.07, 6.45) is 4.73. The summed E-state index contributed by atoms with van der Waals surface area (Å²) in [5.74, 6) is -0.239. The summed E-state index contributed by atoms with van der Waals surface area (Å²) in [5, 5.41) is 3.16. The molecule has 4 nitrogen and oxygen atoms in total. The predicted octanol–water partition coefficient (Wildman–Crippen LogP) is 1.10. The van der Waals surface area contributed by atoms with Crippen LogP contribution in [0.5, 0.6) is 0 Å². The van der Waals surface area contributed by atoms with Gasteiger partial charge in [-0.3, -0.25) is 4.79 Å². The number of H-pyrrole nitrogens is 1. The molecular weight excluding hydrogens is 192 g/mol. The second kappa shape index (κ2) is 4.98. The molecule has 2 N–H and O–H groups in total. The maximum Gasteiger partial charge on any atom is 0.325 e. The fraction of sp³-hybridized carbons (Fsp3) is 0.545. The van der Waals surface area contributed by atoms with Crippen molar-refractivity contribution in [2.24, 2.45) is 0 Å². The second-order valence-corrected chi connectivity index (χ2v) is 4.01. The minimum absolute atomic E-state index is 0.239. The maximum absolute atomic E-state index is 11.3. The van der Waals surface area contributed by atoms with Gasteiger partial charge in [0.05, 0.1) is 7.11 Å². The predicted molar refractivity (Wildman–Crippen MR) is 58.6 cm³/mol. The van der Waals surface area contributed by atoms with Crippen LogP contribution < -0.4 is 5.32 Å². The van der Waals surface area contributed by atoms with E-state index < -0.39 is 5.54 Å². The number of rotatable bonds is 5. The first-order valence-corrected chi connectivity index (χ1v) is 5.01. The zero-order chi connectivity index (χ0) is 11.3. The number of hydrogen-bond donors (Lipinski definition) is 2. The van der Waals surface area contributed by atoms with Crippen molar-refractivity contribution in [1.29, 1.82) is 0 Å². The number of esters is 1. The van der Waals surface area contributed by atoms with Crippen LogP contribution in [0.3, 0.4) is 0 Å². The lowest BCUT2D eigenvalue weighted by molar-refractivity contribution is -0.147. The van der Waals surface area contributed by atoms with E-state index in [1.165, 1.54) is 12.7 Å². The third-order valence-corrected chi connectivity index (χ3v) is 2.34. The third kappa shape index (κ3) is 3.40. The van der Waals surface area contributed by atoms with Crippen LogP contribution in [0.2, 0.25) is 0 Å². The lowest BCUT2D eigenvalue weighted by Crippen LogP contribution is -2.48. The van der Waals surface area contributed by atoms with Gasteiger partial charge >= 0.3 is 5.97 Å². The lowest BCUT2D eigenvalue weighted by atomic mass is 10.1. The van der Waals surface area contributed by atoms with E-state index in [2.05, 4.69) is 10.3 Å². The molecule has 0 amide bonds. The number of aromatic nitrogens is 1. The molecule has 0 unspecified atom stereocenters. The van der Waals surface area contributed by atoms with E-state index in [0.717, 1.165) is 13.0 Å². The molecule has 15 heavy (non-hydrogen) atoms. The van der Waals surface area contributed by atoms with Crippen molar-refractivity contribution in [3.63, 3.8) is 0 Å². The molecule has 0 saturated heterocycles. The molecule has 1 aromatic rings. The Bertz CT molecular complexity index is 304. The van der Waals surface area contributed by atoms with Crippen molar-refractivity contribution in [1.82, 2.24) is 10.3 Å². The van der Waals surface area contributed by atoms with Crippen LogP contribution in [0.4, 0.5) is 0 Å². The van der Waals surface area contributed by atoms with Crippen LogP contribution in [0, 0.1) is 0 Å². The fourth-order valence-electron chi connectivity index (χ4n) is 1.36. The molecule has 0 bridgehead atoms. The number of aromatic amines is 1. The third-order valence-electron chi connectivity index (χ3n) is 2.34. The largest absolute Gasteiger partial charge is 0.468 e. The van der Waals surface area contributed by atoms with Gasteiger partial charge in [0.15, 0.2) is 0 Å². The highest BCUT2D eigenvalue weighted by Crippen LogP contribution is 2.05. The molecule has 0 atom stereocenters. The van der Waals surface area contributed by atoms with Crippen molar-refractivity contribution in [3.05, 3.63) is 24.0 Å². The van der Waals surface area contributed by atoms with Crippen molar-refractivity contribution in [2.75, 3.05) is 13.7 Å². The number of ether oxygens (including phenoxy) is 1. The molecular formula is C11H18N2O2. The van der Waals surface area contributed by atoms with Gasteiger partial charge < -0.3 is 15.0 Å². The second-order valence-electron chi connectivity index (χ2n) is 4.01. The molecule has 4 heteroatoms. The Morgan fingerprint density at radius 3 is 2.87 bits per heavy atom. The normalized spacial score (nSPS) is 11.4. The first kappa shape index (κ1) is 11.8. The van der Waals surface area contributed by atoms with Gasteiger partial charge in [0.2, 0.25) is 0 Å². The molecule has 0 aliphatic carbocycles. The van der Waals surface area contributed by atoms with Crippen molar-refractivity contribution in [2.45, 2.75) is 25.8 Å². The van der Waals surface area contributed by atoms with Crippen LogP contribution in [-0.4, -0.2) is 30.1 Å². The van der Waals surface area contributed by atoms with Crippen LogP contribution in [0.15, 0.2) is 18.5 Å². The van der Waals surface area contributed by atoms with E-state index in [9.17, 15) is 4.79 Å². The number of nitrogens with one attached hydrogen (secondary N) is 2. The molecule has 84 valence electrons. The monoisotopic (exact) mass is 210 g/mol. The molecule has 1 heterocycles. The van der Waals surface area contributed by atoms with Gasteiger partial charge in [-0.25, -0.2) is 0 Å². The Kier molecular flexibility index (Phi) is 3.91. The number of carbonyl (C=O) groups excluding carboxylic acids is 1. The number of carbonyl (C=O) groups is 1. The summed E-state index contributed by atoms with van der Waals surface area (Å²) in [5.41, 5.74) is 0.605. The zero-order valence-corrected chi connectivity index (χ0v) is 9.46. The van der Waals surface area contributed by atoms with Gasteiger partial charge in [-0.2, -0.15) is 0 Å². The smallest absolute Gasteiger partial charge is 0.325 e. The minimum atomic E-state index is -0.620. The van der Waals surface area contributed by atoms with Gasteiger partial charge in [0.25, 0.3) is 0 Å². The highest BCUT2D eigenvalue weighted by molar-refractivity contribution is 5.79. The highest BCUT2D eigenvalue weighted by atomic mass is 16.5. The number of hydrogen-bond acceptors (Lipinski definition) is 3. The minimum Gasteiger partial charge on any atom is -0.468 e. The summed E-state index contributed by atoms with van der Waals surface area (Å²) in [6, 6.07) is 2.02. The van der Waals surface area contributed by atoms with Crippen LogP contribution >= 0.6 is 0 Å². The molecule has 0 aliphatic rings. The first-order chi connectivity index (χ1) is 7.06. The van der Waals surface area contributed by atoms with Crippen molar-refractivity contribution in [3.8, 4) is 0 Å². The highest BCUT2D eigenvalue weighted by Gasteiger charge is 2.27. The summed E-state index contributed by atoms with van der Waals surface area (Å²) in [6.45, 7) is 4.38. The Labute approximate surface area is 90.0 Å². The first-order valence-electron chi connectivity index (χ1n) is 5.01. The molecule has 0 fully saturated rings. The van der Waals surface area contributed by atoms with Crippen LogP contribution in [-0.2, 0) is 16.0 Å². The van der Waals surface area contributed by atoms with Gasteiger partial charge in [0.1, 0.15) is 5.54 Å². The maximum atomic E-state index is 11.3. The zero-order valence-electron chi connectivity index (χ0n) is 9.46. The van der Waals surface area contributed by atoms with E-state index >= 15 is 0 Å². The Morgan fingerprint density at radius 1 is 1.60 bits per heavy atom. The van der Waals surface area contributed by atoms with E-state index in [-0.39, 0.29) is 5.97 Å². The molecule has 0 aliphatic heterocycles. The molecule has 1 aromatic heterocycles. The quantitative estimate of drug-likeness (QED) is 0.715. The van der Waals surface area contributed by atoms with E-state index in [1.54, 1.807) is 0 Å². The summed E-state index contributed by atoms with van der Waals surface area (Å²) < 4.78 is 4.70. The molecule has 0 radical (unpaired) electrons. The van der Waals surface area contributed by atoms with E-state index in [1.807, 2.05) is 32.3 Å². The Balaban J connectivity index is 2.33. The van der Waals surface area contributed by atoms with Gasteiger partial charge in [-0.1, -0.05) is 0 Å². The topological polar surface area (TPSA) is 54.1 Å². The van der Waals surface area contributed by atoms with Crippen LogP contribution in [0.25, 0.3) is 0 Å². The molecule has 1 rings (SSSR count). The lowest BCUT2D eigenvalue weighted by Gasteiger charge is -2.22. The van der Waals surface area contributed by atoms with Crippen LogP contribution in [0.1, 0.15) is 19.4 Å². The van der Waals surface area contributed by atoms with Crippen molar-refractivity contribution >= 4 is 5.97 Å². The SMILES string of the molecule is COC(=O)C(C)(C)NCCc1cc[nH]c1. The molecule has 0 saturated carbocycles. The van der Waals surface area contributed by atoms with Crippen molar-refractivity contribution < 1.29 is 9.53 Å². The van der Waals surface area contributed by atoms with Gasteiger partial charge in [0, 0.05) is 18.9 Å². The Hall–Kier alpha value is -1.29. The fourth-order valence-corrected chi connectivity index (χ4v) is 1.36. The van der Waals surface area contributed by atoms with E-state index in [0.29, 0.717) is 0 Å². The average Bonchev–Trinajstić information content (AvgIpc) is 2.69. The Morgan fingerprint density at radius 2 is 2.33 bits per heavy atom. The van der Waals surface area contributed by atoms with Gasteiger partial charge in [-0.05, 0) is 31.9 Å². The average molecular weight is 210 g/mol. The summed E-state index contributed by atoms with van der Waals surface area (Å²) in [7, 11) is 1.40. The van der Waals surface area contributed by atoms with Gasteiger partial charge in [-0.15, -0.1) is 0 Å². The molecule has 0 spiro atoms. The summed E-state index contributed by atoms with van der Waals surface area (Å²) in [4.78, 5) is 14.3. The standard InChI is InChI=1S/C11H18N2O2/c1-11(2,10(14)15-3)13-7-5-9-4-6-12-8-9/h4,6,8,12-13H,5,7H2,1-3H3.